The molecule has 47 heavy (non-hydrogen) atoms. The van der Waals surface area contributed by atoms with Crippen LogP contribution in [0.1, 0.15) is 11.1 Å². The van der Waals surface area contributed by atoms with Gasteiger partial charge < -0.3 is 14.7 Å². The van der Waals surface area contributed by atoms with Gasteiger partial charge in [-0.2, -0.15) is 0 Å². The summed E-state index contributed by atoms with van der Waals surface area (Å²) in [5, 5.41) is 0. The van der Waals surface area contributed by atoms with Gasteiger partial charge in [0.05, 0.1) is 17.1 Å². The molecule has 7 aromatic rings. The summed E-state index contributed by atoms with van der Waals surface area (Å²) in [6.07, 6.45) is 0. The van der Waals surface area contributed by atoms with Crippen molar-refractivity contribution in [2.75, 3.05) is 14.7 Å². The van der Waals surface area contributed by atoms with Gasteiger partial charge >= 0.3 is 0 Å². The number of hydrogen-bond acceptors (Lipinski definition) is 3. The molecule has 0 amide bonds. The third kappa shape index (κ3) is 6.51. The van der Waals surface area contributed by atoms with E-state index in [4.69, 9.17) is 0 Å². The molecule has 0 fully saturated rings. The summed E-state index contributed by atoms with van der Waals surface area (Å²) in [6.45, 7) is 4.27. The molecule has 7 rings (SSSR count). The first-order chi connectivity index (χ1) is 23.1. The van der Waals surface area contributed by atoms with Crippen molar-refractivity contribution in [2.24, 2.45) is 0 Å². The second-order valence-corrected chi connectivity index (χ2v) is 11.7. The second kappa shape index (κ2) is 13.5. The van der Waals surface area contributed by atoms with E-state index in [-0.39, 0.29) is 0 Å². The average molecular weight is 608 g/mol. The Morgan fingerprint density at radius 1 is 0.234 bits per heavy atom. The zero-order chi connectivity index (χ0) is 32.0. The molecule has 7 aromatic carbocycles. The lowest BCUT2D eigenvalue weighted by Gasteiger charge is -2.33. The Hall–Kier alpha value is -6.06. The van der Waals surface area contributed by atoms with Crippen molar-refractivity contribution in [2.45, 2.75) is 13.8 Å². The normalized spacial score (nSPS) is 10.8. The Balaban J connectivity index is 1.53. The maximum Gasteiger partial charge on any atom is 0.0503 e. The minimum Gasteiger partial charge on any atom is -0.310 e. The molecule has 0 radical (unpaired) electrons. The fraction of sp³-hybridized carbons (Fsp3) is 0.0455. The third-order valence-corrected chi connectivity index (χ3v) is 8.30. The standard InChI is InChI=1S/C44H37N3/c1-34-23-27-40(28-24-34)47(41-29-25-35(2)26-30-41)44-32-42(45(36-15-7-3-8-16-36)37-17-9-4-10-18-37)31-43(33-44)46(38-19-11-5-12-20-38)39-21-13-6-14-22-39/h3-33H,1-2H3. The van der Waals surface area contributed by atoms with Crippen molar-refractivity contribution in [3.8, 4) is 0 Å². The molecule has 0 saturated carbocycles. The lowest BCUT2D eigenvalue weighted by Crippen LogP contribution is -2.16. The lowest BCUT2D eigenvalue weighted by atomic mass is 10.1. The molecular weight excluding hydrogens is 571 g/mol. The van der Waals surface area contributed by atoms with Gasteiger partial charge in [-0.25, -0.2) is 0 Å². The van der Waals surface area contributed by atoms with E-state index in [1.165, 1.54) is 11.1 Å². The molecule has 0 heterocycles. The predicted molar refractivity (Wildman–Crippen MR) is 200 cm³/mol. The Morgan fingerprint density at radius 2 is 0.447 bits per heavy atom. The van der Waals surface area contributed by atoms with Crippen molar-refractivity contribution in [3.05, 3.63) is 199 Å². The van der Waals surface area contributed by atoms with Gasteiger partial charge in [0, 0.05) is 34.1 Å². The summed E-state index contributed by atoms with van der Waals surface area (Å²) < 4.78 is 0. The summed E-state index contributed by atoms with van der Waals surface area (Å²) in [5.41, 5.74) is 12.2. The number of anilines is 9. The molecule has 0 aliphatic heterocycles. The van der Waals surface area contributed by atoms with Crippen molar-refractivity contribution < 1.29 is 0 Å². The summed E-state index contributed by atoms with van der Waals surface area (Å²) in [7, 11) is 0. The molecule has 0 spiro atoms. The van der Waals surface area contributed by atoms with Crippen LogP contribution < -0.4 is 14.7 Å². The molecule has 228 valence electrons. The fourth-order valence-electron chi connectivity index (χ4n) is 6.00. The molecule has 3 nitrogen and oxygen atoms in total. The van der Waals surface area contributed by atoms with E-state index in [0.717, 1.165) is 51.2 Å². The van der Waals surface area contributed by atoms with Gasteiger partial charge in [0.2, 0.25) is 0 Å². The van der Waals surface area contributed by atoms with Gasteiger partial charge in [0.1, 0.15) is 0 Å². The largest absolute Gasteiger partial charge is 0.310 e. The SMILES string of the molecule is Cc1ccc(N(c2ccc(C)cc2)c2cc(N(c3ccccc3)c3ccccc3)cc(N(c3ccccc3)c3ccccc3)c2)cc1. The van der Waals surface area contributed by atoms with Gasteiger partial charge in [-0.3, -0.25) is 0 Å². The van der Waals surface area contributed by atoms with Crippen molar-refractivity contribution in [3.63, 3.8) is 0 Å². The molecule has 0 saturated heterocycles. The molecule has 0 aliphatic rings. The fourth-order valence-corrected chi connectivity index (χ4v) is 6.00. The Kier molecular flexibility index (Phi) is 8.52. The van der Waals surface area contributed by atoms with Crippen LogP contribution in [0.3, 0.4) is 0 Å². The van der Waals surface area contributed by atoms with Crippen LogP contribution in [0.5, 0.6) is 0 Å². The smallest absolute Gasteiger partial charge is 0.0503 e. The Bertz CT molecular complexity index is 1800. The number of hydrogen-bond donors (Lipinski definition) is 0. The molecule has 0 aromatic heterocycles. The second-order valence-electron chi connectivity index (χ2n) is 11.7. The topological polar surface area (TPSA) is 9.72 Å². The van der Waals surface area contributed by atoms with Gasteiger partial charge in [0.15, 0.2) is 0 Å². The van der Waals surface area contributed by atoms with Crippen molar-refractivity contribution in [1.29, 1.82) is 0 Å². The molecule has 0 aliphatic carbocycles. The van der Waals surface area contributed by atoms with Gasteiger partial charge in [-0.15, -0.1) is 0 Å². The van der Waals surface area contributed by atoms with E-state index in [0.29, 0.717) is 0 Å². The number of para-hydroxylation sites is 4. The highest BCUT2D eigenvalue weighted by Crippen LogP contribution is 2.45. The van der Waals surface area contributed by atoms with Crippen LogP contribution in [0, 0.1) is 13.8 Å². The number of rotatable bonds is 9. The van der Waals surface area contributed by atoms with Crippen molar-refractivity contribution in [1.82, 2.24) is 0 Å². The van der Waals surface area contributed by atoms with Crippen molar-refractivity contribution >= 4 is 51.2 Å². The van der Waals surface area contributed by atoms with Crippen LogP contribution in [0.4, 0.5) is 51.2 Å². The van der Waals surface area contributed by atoms with E-state index < -0.39 is 0 Å². The molecule has 0 bridgehead atoms. The van der Waals surface area contributed by atoms with Crippen LogP contribution in [-0.2, 0) is 0 Å². The summed E-state index contributed by atoms with van der Waals surface area (Å²) >= 11 is 0. The highest BCUT2D eigenvalue weighted by molar-refractivity contribution is 5.89. The first kappa shape index (κ1) is 29.6. The monoisotopic (exact) mass is 607 g/mol. The zero-order valence-corrected chi connectivity index (χ0v) is 26.7. The molecule has 0 atom stereocenters. The lowest BCUT2D eigenvalue weighted by molar-refractivity contribution is 1.22. The molecule has 0 N–H and O–H groups in total. The van der Waals surface area contributed by atoms with E-state index in [9.17, 15) is 0 Å². The maximum atomic E-state index is 2.36. The van der Waals surface area contributed by atoms with E-state index >= 15 is 0 Å². The summed E-state index contributed by atoms with van der Waals surface area (Å²) in [4.78, 5) is 7.03. The predicted octanol–water partition coefficient (Wildman–Crippen LogP) is 12.7. The van der Waals surface area contributed by atoms with Crippen LogP contribution in [0.25, 0.3) is 0 Å². The number of nitrogens with zero attached hydrogens (tertiary/aromatic N) is 3. The molecular formula is C44H37N3. The Morgan fingerprint density at radius 3 is 0.681 bits per heavy atom. The minimum atomic E-state index is 1.05. The van der Waals surface area contributed by atoms with Gasteiger partial charge in [-0.05, 0) is 105 Å². The average Bonchev–Trinajstić information content (AvgIpc) is 3.12. The molecule has 0 unspecified atom stereocenters. The first-order valence-corrected chi connectivity index (χ1v) is 16.0. The highest BCUT2D eigenvalue weighted by Gasteiger charge is 2.22. The van der Waals surface area contributed by atoms with Crippen LogP contribution in [0.15, 0.2) is 188 Å². The summed E-state index contributed by atoms with van der Waals surface area (Å²) in [6, 6.07) is 66.9. The number of benzene rings is 7. The molecule has 3 heteroatoms. The van der Waals surface area contributed by atoms with Gasteiger partial charge in [-0.1, -0.05) is 108 Å². The van der Waals surface area contributed by atoms with Crippen LogP contribution >= 0.6 is 0 Å². The summed E-state index contributed by atoms with van der Waals surface area (Å²) in [5.74, 6) is 0. The van der Waals surface area contributed by atoms with E-state index in [2.05, 4.69) is 217 Å². The Labute approximate surface area is 278 Å². The minimum absolute atomic E-state index is 1.05. The quantitative estimate of drug-likeness (QED) is 0.162. The first-order valence-electron chi connectivity index (χ1n) is 16.0. The van der Waals surface area contributed by atoms with E-state index in [1.807, 2.05) is 0 Å². The highest BCUT2D eigenvalue weighted by atomic mass is 15.2. The van der Waals surface area contributed by atoms with E-state index in [1.54, 1.807) is 0 Å². The number of aryl methyl sites for hydroxylation is 2. The maximum absolute atomic E-state index is 2.36. The van der Waals surface area contributed by atoms with Crippen LogP contribution in [-0.4, -0.2) is 0 Å². The van der Waals surface area contributed by atoms with Gasteiger partial charge in [0.25, 0.3) is 0 Å². The third-order valence-electron chi connectivity index (χ3n) is 8.30. The zero-order valence-electron chi connectivity index (χ0n) is 26.7. The van der Waals surface area contributed by atoms with Crippen LogP contribution in [0.2, 0.25) is 0 Å².